The fourth-order valence-electron chi connectivity index (χ4n) is 3.15. The number of rotatable bonds is 7. The zero-order chi connectivity index (χ0) is 24.7. The molecule has 9 nitrogen and oxygen atoms in total. The van der Waals surface area contributed by atoms with E-state index in [0.29, 0.717) is 22.4 Å². The molecule has 0 radical (unpaired) electrons. The predicted molar refractivity (Wildman–Crippen MR) is 132 cm³/mol. The zero-order valence-corrected chi connectivity index (χ0v) is 20.8. The van der Waals surface area contributed by atoms with Crippen molar-refractivity contribution in [2.45, 2.75) is 16.7 Å². The number of nitrogens with one attached hydrogen (secondary N) is 2. The highest BCUT2D eigenvalue weighted by Gasteiger charge is 2.21. The van der Waals surface area contributed by atoms with Gasteiger partial charge in [0.25, 0.3) is 16.0 Å². The van der Waals surface area contributed by atoms with Crippen LogP contribution in [0.4, 0.5) is 17.4 Å². The Morgan fingerprint density at radius 2 is 1.71 bits per heavy atom. The number of hydrogen-bond acceptors (Lipinski definition) is 7. The van der Waals surface area contributed by atoms with Gasteiger partial charge in [0.2, 0.25) is 10.0 Å². The number of para-hydroxylation sites is 1. The first kappa shape index (κ1) is 24.0. The number of fused-ring (bicyclic) bond motifs is 1. The Balaban J connectivity index is 1.63. The van der Waals surface area contributed by atoms with Gasteiger partial charge in [0, 0.05) is 19.8 Å². The summed E-state index contributed by atoms with van der Waals surface area (Å²) in [6.07, 6.45) is 0. The Morgan fingerprint density at radius 1 is 0.971 bits per heavy atom. The average Bonchev–Trinajstić information content (AvgIpc) is 3.18. The first-order valence-electron chi connectivity index (χ1n) is 9.95. The molecule has 3 aromatic carbocycles. The number of halogens is 1. The lowest BCUT2D eigenvalue weighted by molar-refractivity contribution is 0.520. The second-order valence-corrected chi connectivity index (χ2v) is 11.8. The molecule has 0 unspecified atom stereocenters. The van der Waals surface area contributed by atoms with Gasteiger partial charge in [0.05, 0.1) is 20.5 Å². The van der Waals surface area contributed by atoms with E-state index in [2.05, 4.69) is 15.0 Å². The molecule has 2 N–H and O–H groups in total. The van der Waals surface area contributed by atoms with Crippen LogP contribution in [0.3, 0.4) is 0 Å². The fraction of sp³-hybridized carbons (Fsp3) is 0.136. The maximum Gasteiger partial charge on any atom is 0.300 e. The SMILES string of the molecule is Cc1ccc(Nc2nc3cc(S(=O)(=O)Nc4ccccc4Cl)ccc3o2)cc1S(=O)(=O)N(C)C. The van der Waals surface area contributed by atoms with Crippen LogP contribution in [0.2, 0.25) is 5.02 Å². The van der Waals surface area contributed by atoms with Crippen molar-refractivity contribution in [3.63, 3.8) is 0 Å². The Labute approximate surface area is 202 Å². The molecule has 0 saturated carbocycles. The number of oxazole rings is 1. The summed E-state index contributed by atoms with van der Waals surface area (Å²) >= 11 is 6.06. The van der Waals surface area contributed by atoms with Crippen LogP contribution in [-0.2, 0) is 20.0 Å². The minimum Gasteiger partial charge on any atom is -0.423 e. The van der Waals surface area contributed by atoms with Crippen LogP contribution in [0.5, 0.6) is 0 Å². The average molecular weight is 521 g/mol. The van der Waals surface area contributed by atoms with E-state index in [1.165, 1.54) is 38.4 Å². The van der Waals surface area contributed by atoms with Gasteiger partial charge in [0.1, 0.15) is 5.52 Å². The van der Waals surface area contributed by atoms with Crippen LogP contribution in [0, 0.1) is 6.92 Å². The van der Waals surface area contributed by atoms with Crippen LogP contribution in [0.1, 0.15) is 5.56 Å². The van der Waals surface area contributed by atoms with Crippen molar-refractivity contribution in [2.24, 2.45) is 0 Å². The largest absolute Gasteiger partial charge is 0.423 e. The van der Waals surface area contributed by atoms with E-state index in [-0.39, 0.29) is 26.5 Å². The van der Waals surface area contributed by atoms with Crippen molar-refractivity contribution in [1.82, 2.24) is 9.29 Å². The van der Waals surface area contributed by atoms with Gasteiger partial charge < -0.3 is 9.73 Å². The summed E-state index contributed by atoms with van der Waals surface area (Å²) in [5.74, 6) is 0. The number of benzene rings is 3. The lowest BCUT2D eigenvalue weighted by Gasteiger charge is -2.14. The molecule has 1 aromatic heterocycles. The number of aromatic nitrogens is 1. The Bertz CT molecular complexity index is 1600. The molecule has 0 amide bonds. The minimum atomic E-state index is -3.92. The number of hydrogen-bond donors (Lipinski definition) is 2. The summed E-state index contributed by atoms with van der Waals surface area (Å²) in [5.41, 5.74) is 1.96. The molecule has 0 fully saturated rings. The fourth-order valence-corrected chi connectivity index (χ4v) is 5.63. The third kappa shape index (κ3) is 4.73. The van der Waals surface area contributed by atoms with E-state index in [1.807, 2.05) is 0 Å². The molecule has 0 saturated heterocycles. The van der Waals surface area contributed by atoms with Crippen molar-refractivity contribution in [3.8, 4) is 0 Å². The number of sulfonamides is 2. The van der Waals surface area contributed by atoms with Gasteiger partial charge >= 0.3 is 0 Å². The van der Waals surface area contributed by atoms with Gasteiger partial charge in [-0.05, 0) is 55.0 Å². The Hall–Kier alpha value is -3.12. The van der Waals surface area contributed by atoms with Crippen molar-refractivity contribution in [1.29, 1.82) is 0 Å². The monoisotopic (exact) mass is 520 g/mol. The van der Waals surface area contributed by atoms with Crippen LogP contribution in [0.15, 0.2) is 74.9 Å². The second-order valence-electron chi connectivity index (χ2n) is 7.63. The van der Waals surface area contributed by atoms with Gasteiger partial charge in [-0.25, -0.2) is 21.1 Å². The summed E-state index contributed by atoms with van der Waals surface area (Å²) in [6, 6.07) is 15.7. The Kier molecular flexibility index (Phi) is 6.30. The quantitative estimate of drug-likeness (QED) is 0.365. The molecular formula is C22H21ClN4O5S2. The van der Waals surface area contributed by atoms with Gasteiger partial charge in [-0.1, -0.05) is 29.8 Å². The van der Waals surface area contributed by atoms with E-state index >= 15 is 0 Å². The maximum atomic E-state index is 12.8. The molecule has 4 aromatic rings. The molecule has 0 atom stereocenters. The third-order valence-electron chi connectivity index (χ3n) is 4.99. The number of aryl methyl sites for hydroxylation is 1. The van der Waals surface area contributed by atoms with Gasteiger partial charge in [-0.15, -0.1) is 0 Å². The van der Waals surface area contributed by atoms with Gasteiger partial charge in [0.15, 0.2) is 5.58 Å². The molecule has 4 rings (SSSR count). The summed E-state index contributed by atoms with van der Waals surface area (Å²) in [7, 11) is -4.64. The molecular weight excluding hydrogens is 500 g/mol. The summed E-state index contributed by atoms with van der Waals surface area (Å²) in [5, 5.41) is 3.21. The van der Waals surface area contributed by atoms with Gasteiger partial charge in [-0.3, -0.25) is 4.72 Å². The first-order valence-corrected chi connectivity index (χ1v) is 13.3. The van der Waals surface area contributed by atoms with Crippen molar-refractivity contribution in [2.75, 3.05) is 24.1 Å². The number of nitrogens with zero attached hydrogens (tertiary/aromatic N) is 2. The Morgan fingerprint density at radius 3 is 2.41 bits per heavy atom. The smallest absolute Gasteiger partial charge is 0.300 e. The second kappa shape index (κ2) is 8.91. The molecule has 0 aliphatic carbocycles. The zero-order valence-electron chi connectivity index (χ0n) is 18.4. The van der Waals surface area contributed by atoms with Crippen molar-refractivity contribution >= 4 is 60.1 Å². The van der Waals surface area contributed by atoms with E-state index in [4.69, 9.17) is 16.0 Å². The molecule has 0 aliphatic heterocycles. The molecule has 0 aliphatic rings. The summed E-state index contributed by atoms with van der Waals surface area (Å²) in [4.78, 5) is 4.43. The van der Waals surface area contributed by atoms with Gasteiger partial charge in [-0.2, -0.15) is 4.98 Å². The van der Waals surface area contributed by atoms with Crippen LogP contribution < -0.4 is 10.0 Å². The lowest BCUT2D eigenvalue weighted by atomic mass is 10.2. The highest BCUT2D eigenvalue weighted by molar-refractivity contribution is 7.92. The van der Waals surface area contributed by atoms with E-state index in [9.17, 15) is 16.8 Å². The highest BCUT2D eigenvalue weighted by atomic mass is 35.5. The lowest BCUT2D eigenvalue weighted by Crippen LogP contribution is -2.23. The maximum absolute atomic E-state index is 12.8. The van der Waals surface area contributed by atoms with Crippen molar-refractivity contribution in [3.05, 3.63) is 71.2 Å². The van der Waals surface area contributed by atoms with Crippen molar-refractivity contribution < 1.29 is 21.3 Å². The standard InChI is InChI=1S/C22H21ClN4O5S2/c1-14-8-9-15(12-21(14)34(30,31)27(2)3)24-22-25-19-13-16(10-11-20(19)32-22)33(28,29)26-18-7-5-4-6-17(18)23/h4-13,26H,1-3H3,(H,24,25). The van der Waals surface area contributed by atoms with E-state index in [1.54, 1.807) is 43.3 Å². The molecule has 178 valence electrons. The molecule has 0 bridgehead atoms. The van der Waals surface area contributed by atoms with Crippen LogP contribution >= 0.6 is 11.6 Å². The van der Waals surface area contributed by atoms with E-state index < -0.39 is 20.0 Å². The molecule has 0 spiro atoms. The molecule has 1 heterocycles. The minimum absolute atomic E-state index is 0.0190. The number of anilines is 3. The summed E-state index contributed by atoms with van der Waals surface area (Å²) < 4.78 is 60.0. The third-order valence-corrected chi connectivity index (χ3v) is 8.64. The molecule has 34 heavy (non-hydrogen) atoms. The predicted octanol–water partition coefficient (Wildman–Crippen LogP) is 4.58. The van der Waals surface area contributed by atoms with Crippen LogP contribution in [0.25, 0.3) is 11.1 Å². The van der Waals surface area contributed by atoms with Crippen LogP contribution in [-0.4, -0.2) is 40.2 Å². The molecule has 12 heteroatoms. The topological polar surface area (TPSA) is 122 Å². The summed E-state index contributed by atoms with van der Waals surface area (Å²) in [6.45, 7) is 1.71. The highest BCUT2D eigenvalue weighted by Crippen LogP contribution is 2.29. The first-order chi connectivity index (χ1) is 16.0. The normalized spacial score (nSPS) is 12.3. The van der Waals surface area contributed by atoms with E-state index in [0.717, 1.165) is 4.31 Å².